The van der Waals surface area contributed by atoms with E-state index in [0.29, 0.717) is 0 Å². The maximum Gasteiger partial charge on any atom is 0.308 e. The molecule has 0 fully saturated rings. The van der Waals surface area contributed by atoms with Crippen molar-refractivity contribution in [3.05, 3.63) is 0 Å². The van der Waals surface area contributed by atoms with Crippen LogP contribution < -0.4 is 5.73 Å². The Balaban J connectivity index is 3.75. The van der Waals surface area contributed by atoms with E-state index in [2.05, 4.69) is 0 Å². The largest absolute Gasteiger partial charge is 0.460 e. The molecule has 0 amide bonds. The van der Waals surface area contributed by atoms with Gasteiger partial charge in [-0.05, 0) is 20.8 Å². The Morgan fingerprint density at radius 2 is 2.08 bits per heavy atom. The molecule has 72 valence electrons. The number of aliphatic hydroxyl groups is 1. The molecule has 0 aliphatic heterocycles. The molecule has 0 aromatic heterocycles. The molecule has 12 heavy (non-hydrogen) atoms. The van der Waals surface area contributed by atoms with E-state index in [4.69, 9.17) is 15.6 Å². The van der Waals surface area contributed by atoms with E-state index < -0.39 is 17.7 Å². The second-order valence-electron chi connectivity index (χ2n) is 3.68. The highest BCUT2D eigenvalue weighted by Gasteiger charge is 2.18. The minimum atomic E-state index is -0.792. The minimum absolute atomic E-state index is 0.0340. The number of esters is 1. The lowest BCUT2D eigenvalue weighted by Crippen LogP contribution is -2.29. The zero-order valence-corrected chi connectivity index (χ0v) is 7.83. The van der Waals surface area contributed by atoms with Gasteiger partial charge in [-0.2, -0.15) is 0 Å². The van der Waals surface area contributed by atoms with E-state index in [9.17, 15) is 4.79 Å². The van der Waals surface area contributed by atoms with Gasteiger partial charge in [-0.1, -0.05) is 0 Å². The van der Waals surface area contributed by atoms with Gasteiger partial charge in [0.2, 0.25) is 0 Å². The van der Waals surface area contributed by atoms with Crippen LogP contribution in [0.15, 0.2) is 0 Å². The lowest BCUT2D eigenvalue weighted by Gasteiger charge is -2.20. The molecule has 0 saturated carbocycles. The first kappa shape index (κ1) is 11.4. The topological polar surface area (TPSA) is 72.5 Å². The molecule has 0 rings (SSSR count). The molecule has 1 atom stereocenters. The number of carbonyl (C=O) groups excluding carboxylic acids is 1. The Morgan fingerprint density at radius 1 is 1.58 bits per heavy atom. The molecule has 3 N–H and O–H groups in total. The van der Waals surface area contributed by atoms with Crippen molar-refractivity contribution in [2.24, 2.45) is 5.73 Å². The first-order chi connectivity index (χ1) is 5.35. The Morgan fingerprint density at radius 3 is 2.42 bits per heavy atom. The average Bonchev–Trinajstić information content (AvgIpc) is 1.82. The standard InChI is InChI=1S/C8H17NO3/c1-8(2,3)12-7(11)4-6(10)5-9/h6,10H,4-5,9H2,1-3H3. The summed E-state index contributed by atoms with van der Waals surface area (Å²) in [6.45, 7) is 5.42. The van der Waals surface area contributed by atoms with Crippen LogP contribution >= 0.6 is 0 Å². The van der Waals surface area contributed by atoms with E-state index in [-0.39, 0.29) is 13.0 Å². The molecular weight excluding hydrogens is 158 g/mol. The third kappa shape index (κ3) is 6.12. The summed E-state index contributed by atoms with van der Waals surface area (Å²) in [4.78, 5) is 11.0. The van der Waals surface area contributed by atoms with E-state index in [1.807, 2.05) is 0 Å². The highest BCUT2D eigenvalue weighted by molar-refractivity contribution is 5.70. The Kier molecular flexibility index (Phi) is 4.20. The number of nitrogens with two attached hydrogens (primary N) is 1. The van der Waals surface area contributed by atoms with Gasteiger partial charge in [-0.25, -0.2) is 0 Å². The average molecular weight is 175 g/mol. The molecule has 4 nitrogen and oxygen atoms in total. The summed E-state index contributed by atoms with van der Waals surface area (Å²) in [6, 6.07) is 0. The van der Waals surface area contributed by atoms with Crippen LogP contribution in [0.2, 0.25) is 0 Å². The number of hydrogen-bond acceptors (Lipinski definition) is 4. The van der Waals surface area contributed by atoms with Gasteiger partial charge < -0.3 is 15.6 Å². The summed E-state index contributed by atoms with van der Waals surface area (Å²) >= 11 is 0. The van der Waals surface area contributed by atoms with Crippen molar-refractivity contribution in [3.63, 3.8) is 0 Å². The summed E-state index contributed by atoms with van der Waals surface area (Å²) in [5, 5.41) is 9.00. The van der Waals surface area contributed by atoms with E-state index in [1.54, 1.807) is 20.8 Å². The lowest BCUT2D eigenvalue weighted by molar-refractivity contribution is -0.156. The smallest absolute Gasteiger partial charge is 0.308 e. The zero-order chi connectivity index (χ0) is 9.78. The van der Waals surface area contributed by atoms with Gasteiger partial charge in [0.15, 0.2) is 0 Å². The van der Waals surface area contributed by atoms with E-state index in [1.165, 1.54) is 0 Å². The first-order valence-corrected chi connectivity index (χ1v) is 3.95. The van der Waals surface area contributed by atoms with Gasteiger partial charge in [0.05, 0.1) is 12.5 Å². The summed E-state index contributed by atoms with van der Waals surface area (Å²) in [5.41, 5.74) is 4.63. The van der Waals surface area contributed by atoms with Crippen molar-refractivity contribution in [2.75, 3.05) is 6.54 Å². The second kappa shape index (κ2) is 4.42. The van der Waals surface area contributed by atoms with Crippen molar-refractivity contribution in [1.82, 2.24) is 0 Å². The second-order valence-corrected chi connectivity index (χ2v) is 3.68. The molecule has 0 bridgehead atoms. The van der Waals surface area contributed by atoms with Crippen LogP contribution in [0.3, 0.4) is 0 Å². The van der Waals surface area contributed by atoms with Crippen LogP contribution in [-0.4, -0.2) is 29.3 Å². The first-order valence-electron chi connectivity index (χ1n) is 3.95. The van der Waals surface area contributed by atoms with Gasteiger partial charge >= 0.3 is 5.97 Å². The van der Waals surface area contributed by atoms with Gasteiger partial charge in [-0.3, -0.25) is 4.79 Å². The quantitative estimate of drug-likeness (QED) is 0.594. The van der Waals surface area contributed by atoms with Crippen molar-refractivity contribution < 1.29 is 14.6 Å². The fourth-order valence-electron chi connectivity index (χ4n) is 0.659. The summed E-state index contributed by atoms with van der Waals surface area (Å²) in [6.07, 6.45) is -0.826. The predicted octanol–water partition coefficient (Wildman–Crippen LogP) is 0.0378. The Labute approximate surface area is 72.7 Å². The van der Waals surface area contributed by atoms with Crippen LogP contribution in [0.1, 0.15) is 27.2 Å². The molecule has 0 saturated heterocycles. The number of rotatable bonds is 3. The number of ether oxygens (including phenoxy) is 1. The summed E-state index contributed by atoms with van der Waals surface area (Å²) in [5.74, 6) is -0.416. The highest BCUT2D eigenvalue weighted by Crippen LogP contribution is 2.08. The predicted molar refractivity (Wildman–Crippen MR) is 45.5 cm³/mol. The fourth-order valence-corrected chi connectivity index (χ4v) is 0.659. The molecule has 0 aromatic rings. The Hall–Kier alpha value is -0.610. The van der Waals surface area contributed by atoms with Crippen molar-refractivity contribution in [2.45, 2.75) is 38.9 Å². The van der Waals surface area contributed by atoms with Crippen LogP contribution in [0.4, 0.5) is 0 Å². The molecule has 0 aliphatic rings. The van der Waals surface area contributed by atoms with Crippen molar-refractivity contribution >= 4 is 5.97 Å². The third-order valence-corrected chi connectivity index (χ3v) is 1.09. The van der Waals surface area contributed by atoms with Crippen molar-refractivity contribution in [3.8, 4) is 0 Å². The molecule has 4 heteroatoms. The van der Waals surface area contributed by atoms with Crippen molar-refractivity contribution in [1.29, 1.82) is 0 Å². The van der Waals surface area contributed by atoms with E-state index >= 15 is 0 Å². The monoisotopic (exact) mass is 175 g/mol. The van der Waals surface area contributed by atoms with Crippen LogP contribution in [0, 0.1) is 0 Å². The molecular formula is C8H17NO3. The SMILES string of the molecule is CC(C)(C)OC(=O)CC(O)CN. The molecule has 0 aromatic carbocycles. The molecule has 0 aliphatic carbocycles. The third-order valence-electron chi connectivity index (χ3n) is 1.09. The van der Waals surface area contributed by atoms with Gasteiger partial charge in [0.1, 0.15) is 5.60 Å². The van der Waals surface area contributed by atoms with Crippen LogP contribution in [0.25, 0.3) is 0 Å². The van der Waals surface area contributed by atoms with Gasteiger partial charge in [0, 0.05) is 6.54 Å². The molecule has 0 spiro atoms. The minimum Gasteiger partial charge on any atom is -0.460 e. The van der Waals surface area contributed by atoms with Gasteiger partial charge in [0.25, 0.3) is 0 Å². The van der Waals surface area contributed by atoms with Crippen LogP contribution in [0.5, 0.6) is 0 Å². The lowest BCUT2D eigenvalue weighted by atomic mass is 10.2. The fraction of sp³-hybridized carbons (Fsp3) is 0.875. The van der Waals surface area contributed by atoms with Gasteiger partial charge in [-0.15, -0.1) is 0 Å². The Bertz CT molecular complexity index is 151. The number of aliphatic hydroxyl groups excluding tert-OH is 1. The normalized spacial score (nSPS) is 14.1. The summed E-state index contributed by atoms with van der Waals surface area (Å²) in [7, 11) is 0. The maximum absolute atomic E-state index is 11.0. The van der Waals surface area contributed by atoms with Crippen LogP contribution in [-0.2, 0) is 9.53 Å². The highest BCUT2D eigenvalue weighted by atomic mass is 16.6. The maximum atomic E-state index is 11.0. The molecule has 0 heterocycles. The number of carbonyl (C=O) groups is 1. The zero-order valence-electron chi connectivity index (χ0n) is 7.83. The number of hydrogen-bond donors (Lipinski definition) is 2. The van der Waals surface area contributed by atoms with E-state index in [0.717, 1.165) is 0 Å². The summed E-state index contributed by atoms with van der Waals surface area (Å²) < 4.78 is 4.96. The molecule has 0 radical (unpaired) electrons. The molecule has 1 unspecified atom stereocenters.